The number of carbonyl (C=O) groups is 2. The summed E-state index contributed by atoms with van der Waals surface area (Å²) in [4.78, 5) is 28.8. The number of nitrogens with zero attached hydrogens (tertiary/aromatic N) is 2. The van der Waals surface area contributed by atoms with E-state index in [1.807, 2.05) is 69.3 Å². The van der Waals surface area contributed by atoms with E-state index in [0.29, 0.717) is 6.42 Å². The molecule has 2 amide bonds. The summed E-state index contributed by atoms with van der Waals surface area (Å²) in [5.74, 6) is -0.0876. The van der Waals surface area contributed by atoms with E-state index in [1.165, 1.54) is 0 Å². The van der Waals surface area contributed by atoms with Gasteiger partial charge in [-0.3, -0.25) is 9.59 Å². The Balaban J connectivity index is 1.94. The molecule has 0 spiro atoms. The highest BCUT2D eigenvalue weighted by atomic mass is 16.2. The van der Waals surface area contributed by atoms with E-state index in [-0.39, 0.29) is 24.4 Å². The molecule has 2 aromatic carbocycles. The molecule has 124 valence electrons. The van der Waals surface area contributed by atoms with Crippen LogP contribution in [0.25, 0.3) is 0 Å². The Hall–Kier alpha value is -2.62. The lowest BCUT2D eigenvalue weighted by atomic mass is 10.0. The van der Waals surface area contributed by atoms with Gasteiger partial charge in [-0.1, -0.05) is 36.4 Å². The average molecular weight is 322 g/mol. The van der Waals surface area contributed by atoms with Gasteiger partial charge in [0.15, 0.2) is 0 Å². The van der Waals surface area contributed by atoms with Crippen LogP contribution in [0.4, 0.5) is 11.4 Å². The van der Waals surface area contributed by atoms with E-state index >= 15 is 0 Å². The highest BCUT2D eigenvalue weighted by molar-refractivity contribution is 6.11. The van der Waals surface area contributed by atoms with Gasteiger partial charge < -0.3 is 9.80 Å². The fourth-order valence-corrected chi connectivity index (χ4v) is 3.18. The monoisotopic (exact) mass is 322 g/mol. The van der Waals surface area contributed by atoms with Crippen molar-refractivity contribution in [2.45, 2.75) is 33.2 Å². The molecule has 0 aliphatic carbocycles. The van der Waals surface area contributed by atoms with Gasteiger partial charge in [0.2, 0.25) is 11.8 Å². The number of carbonyl (C=O) groups excluding carboxylic acids is 2. The van der Waals surface area contributed by atoms with Crippen LogP contribution in [0.5, 0.6) is 0 Å². The molecule has 2 aromatic rings. The van der Waals surface area contributed by atoms with Crippen molar-refractivity contribution in [2.75, 3.05) is 16.3 Å². The first-order valence-electron chi connectivity index (χ1n) is 8.25. The third-order valence-corrected chi connectivity index (χ3v) is 4.41. The Morgan fingerprint density at radius 1 is 1.04 bits per heavy atom. The minimum atomic E-state index is -0.0477. The van der Waals surface area contributed by atoms with Crippen molar-refractivity contribution in [1.82, 2.24) is 0 Å². The van der Waals surface area contributed by atoms with Crippen molar-refractivity contribution in [2.24, 2.45) is 0 Å². The van der Waals surface area contributed by atoms with Gasteiger partial charge in [0.25, 0.3) is 0 Å². The summed E-state index contributed by atoms with van der Waals surface area (Å²) in [6.45, 7) is 6.07. The second kappa shape index (κ2) is 6.48. The molecule has 1 aliphatic heterocycles. The molecule has 0 fully saturated rings. The minimum absolute atomic E-state index is 0.0400. The molecule has 0 N–H and O–H groups in total. The first-order valence-corrected chi connectivity index (χ1v) is 8.25. The normalized spacial score (nSPS) is 14.1. The van der Waals surface area contributed by atoms with Gasteiger partial charge in [-0.15, -0.1) is 0 Å². The third-order valence-electron chi connectivity index (χ3n) is 4.41. The molecule has 4 heteroatoms. The molecule has 0 atom stereocenters. The summed E-state index contributed by atoms with van der Waals surface area (Å²) in [7, 11) is 0. The molecular formula is C20H22N2O2. The molecule has 0 radical (unpaired) electrons. The maximum atomic E-state index is 12.9. The summed E-state index contributed by atoms with van der Waals surface area (Å²) in [6, 6.07) is 15.5. The fourth-order valence-electron chi connectivity index (χ4n) is 3.18. The zero-order valence-electron chi connectivity index (χ0n) is 14.3. The second-order valence-electron chi connectivity index (χ2n) is 6.43. The number of hydrogen-bond acceptors (Lipinski definition) is 2. The quantitative estimate of drug-likeness (QED) is 0.870. The minimum Gasteiger partial charge on any atom is -0.306 e. The number of fused-ring (bicyclic) bond motifs is 1. The summed E-state index contributed by atoms with van der Waals surface area (Å²) in [6.07, 6.45) is 0.302. The number of para-hydroxylation sites is 2. The van der Waals surface area contributed by atoms with Gasteiger partial charge in [-0.05, 0) is 44.0 Å². The zero-order chi connectivity index (χ0) is 17.3. The average Bonchev–Trinajstić information content (AvgIpc) is 2.55. The van der Waals surface area contributed by atoms with Gasteiger partial charge in [0.1, 0.15) is 6.54 Å². The predicted molar refractivity (Wildman–Crippen MR) is 96.3 cm³/mol. The largest absolute Gasteiger partial charge is 0.306 e. The Labute approximate surface area is 142 Å². The van der Waals surface area contributed by atoms with Crippen molar-refractivity contribution in [1.29, 1.82) is 0 Å². The molecule has 0 unspecified atom stereocenters. The van der Waals surface area contributed by atoms with E-state index in [2.05, 4.69) is 0 Å². The molecule has 24 heavy (non-hydrogen) atoms. The summed E-state index contributed by atoms with van der Waals surface area (Å²) < 4.78 is 0. The Kier molecular flexibility index (Phi) is 4.38. The second-order valence-corrected chi connectivity index (χ2v) is 6.43. The number of aryl methyl sites for hydroxylation is 1. The lowest BCUT2D eigenvalue weighted by molar-refractivity contribution is -0.122. The van der Waals surface area contributed by atoms with Crippen molar-refractivity contribution in [3.8, 4) is 0 Å². The van der Waals surface area contributed by atoms with Crippen molar-refractivity contribution >= 4 is 23.2 Å². The Morgan fingerprint density at radius 3 is 2.33 bits per heavy atom. The van der Waals surface area contributed by atoms with Crippen LogP contribution in [0, 0.1) is 6.92 Å². The van der Waals surface area contributed by atoms with E-state index in [9.17, 15) is 9.59 Å². The highest BCUT2D eigenvalue weighted by Gasteiger charge is 2.33. The van der Waals surface area contributed by atoms with Gasteiger partial charge in [0.05, 0.1) is 17.8 Å². The summed E-state index contributed by atoms with van der Waals surface area (Å²) >= 11 is 0. The lowest BCUT2D eigenvalue weighted by Crippen LogP contribution is -2.51. The van der Waals surface area contributed by atoms with Crippen LogP contribution in [0.3, 0.4) is 0 Å². The number of amides is 2. The number of benzene rings is 2. The predicted octanol–water partition coefficient (Wildman–Crippen LogP) is 3.33. The molecule has 0 saturated heterocycles. The third kappa shape index (κ3) is 2.92. The van der Waals surface area contributed by atoms with Gasteiger partial charge in [0, 0.05) is 6.04 Å². The van der Waals surface area contributed by atoms with Crippen molar-refractivity contribution in [3.05, 3.63) is 59.7 Å². The van der Waals surface area contributed by atoms with Crippen LogP contribution >= 0.6 is 0 Å². The standard InChI is InChI=1S/C20H22N2O2/c1-14(2)22-18-11-7-6-10-17(18)21(13-20(22)24)19(23)12-16-9-5-4-8-15(16)3/h4-11,14H,12-13H2,1-3H3. The molecule has 4 nitrogen and oxygen atoms in total. The first kappa shape index (κ1) is 16.2. The number of hydrogen-bond donors (Lipinski definition) is 0. The van der Waals surface area contributed by atoms with Gasteiger partial charge >= 0.3 is 0 Å². The molecule has 0 bridgehead atoms. The van der Waals surface area contributed by atoms with Crippen LogP contribution in [0.1, 0.15) is 25.0 Å². The zero-order valence-corrected chi connectivity index (χ0v) is 14.3. The van der Waals surface area contributed by atoms with Gasteiger partial charge in [-0.25, -0.2) is 0 Å². The lowest BCUT2D eigenvalue weighted by Gasteiger charge is -2.38. The molecule has 0 saturated carbocycles. The Bertz CT molecular complexity index is 783. The SMILES string of the molecule is Cc1ccccc1CC(=O)N1CC(=O)N(C(C)C)c2ccccc21. The van der Waals surface area contributed by atoms with E-state index < -0.39 is 0 Å². The van der Waals surface area contributed by atoms with Crippen LogP contribution in [0.15, 0.2) is 48.5 Å². The summed E-state index contributed by atoms with van der Waals surface area (Å²) in [5, 5.41) is 0. The van der Waals surface area contributed by atoms with Gasteiger partial charge in [-0.2, -0.15) is 0 Å². The number of anilines is 2. The molecule has 0 aromatic heterocycles. The van der Waals surface area contributed by atoms with Crippen LogP contribution in [0.2, 0.25) is 0 Å². The first-order chi connectivity index (χ1) is 11.5. The highest BCUT2D eigenvalue weighted by Crippen LogP contribution is 2.35. The molecule has 1 heterocycles. The molecule has 3 rings (SSSR count). The molecular weight excluding hydrogens is 300 g/mol. The molecule has 1 aliphatic rings. The van der Waals surface area contributed by atoms with Crippen LogP contribution in [-0.4, -0.2) is 24.4 Å². The van der Waals surface area contributed by atoms with Crippen LogP contribution in [-0.2, 0) is 16.0 Å². The van der Waals surface area contributed by atoms with E-state index in [0.717, 1.165) is 22.5 Å². The van der Waals surface area contributed by atoms with Crippen molar-refractivity contribution in [3.63, 3.8) is 0 Å². The van der Waals surface area contributed by atoms with Crippen LogP contribution < -0.4 is 9.80 Å². The maximum Gasteiger partial charge on any atom is 0.247 e. The number of rotatable bonds is 3. The fraction of sp³-hybridized carbons (Fsp3) is 0.300. The van der Waals surface area contributed by atoms with E-state index in [4.69, 9.17) is 0 Å². The Morgan fingerprint density at radius 2 is 1.67 bits per heavy atom. The maximum absolute atomic E-state index is 12.9. The van der Waals surface area contributed by atoms with E-state index in [1.54, 1.807) is 9.80 Å². The summed E-state index contributed by atoms with van der Waals surface area (Å²) in [5.41, 5.74) is 3.70. The van der Waals surface area contributed by atoms with Crippen molar-refractivity contribution < 1.29 is 9.59 Å². The topological polar surface area (TPSA) is 40.6 Å². The smallest absolute Gasteiger partial charge is 0.247 e.